The Morgan fingerprint density at radius 1 is 1.39 bits per heavy atom. The molecule has 0 aromatic heterocycles. The molecule has 0 bridgehead atoms. The Morgan fingerprint density at radius 2 is 2.13 bits per heavy atom. The number of aryl methyl sites for hydroxylation is 1. The van der Waals surface area contributed by atoms with Gasteiger partial charge in [-0.05, 0) is 43.2 Å². The minimum atomic E-state index is -1.12. The number of hydrogen-bond donors (Lipinski definition) is 1. The highest BCUT2D eigenvalue weighted by atomic mass is 19.1. The van der Waals surface area contributed by atoms with Crippen LogP contribution in [0.4, 0.5) is 10.1 Å². The van der Waals surface area contributed by atoms with E-state index in [2.05, 4.69) is 4.99 Å². The number of carbonyl (C=O) groups is 1. The number of ether oxygens (including phenoxy) is 1. The number of rotatable bonds is 5. The zero-order valence-electron chi connectivity index (χ0n) is 13.3. The second kappa shape index (κ2) is 7.05. The van der Waals surface area contributed by atoms with E-state index in [0.717, 1.165) is 5.56 Å². The van der Waals surface area contributed by atoms with E-state index in [4.69, 9.17) is 4.74 Å². The van der Waals surface area contributed by atoms with Crippen molar-refractivity contribution >= 4 is 17.9 Å². The van der Waals surface area contributed by atoms with Gasteiger partial charge in [0.15, 0.2) is 0 Å². The van der Waals surface area contributed by atoms with Crippen LogP contribution in [0.25, 0.3) is 11.1 Å². The van der Waals surface area contributed by atoms with Gasteiger partial charge in [-0.15, -0.1) is 0 Å². The van der Waals surface area contributed by atoms with Crippen LogP contribution in [0.1, 0.15) is 29.8 Å². The topological polar surface area (TPSA) is 58.9 Å². The van der Waals surface area contributed by atoms with E-state index in [1.807, 2.05) is 6.92 Å². The predicted octanol–water partition coefficient (Wildman–Crippen LogP) is 4.48. The van der Waals surface area contributed by atoms with Gasteiger partial charge < -0.3 is 9.84 Å². The number of hydrogen-bond acceptors (Lipinski definition) is 3. The third kappa shape index (κ3) is 3.23. The lowest BCUT2D eigenvalue weighted by molar-refractivity contribution is 0.0697. The summed E-state index contributed by atoms with van der Waals surface area (Å²) in [5.41, 5.74) is 1.83. The molecule has 0 radical (unpaired) electrons. The molecule has 4 nitrogen and oxygen atoms in total. The van der Waals surface area contributed by atoms with E-state index in [-0.39, 0.29) is 22.4 Å². The van der Waals surface area contributed by atoms with Crippen molar-refractivity contribution in [3.63, 3.8) is 0 Å². The van der Waals surface area contributed by atoms with E-state index in [0.29, 0.717) is 12.1 Å². The molecule has 0 aliphatic rings. The molecule has 0 unspecified atom stereocenters. The largest absolute Gasteiger partial charge is 0.496 e. The molecule has 0 saturated carbocycles. The van der Waals surface area contributed by atoms with Crippen LogP contribution in [0.5, 0.6) is 5.75 Å². The number of carboxylic acids is 1. The van der Waals surface area contributed by atoms with Gasteiger partial charge in [-0.25, -0.2) is 9.18 Å². The van der Waals surface area contributed by atoms with Crippen LogP contribution in [0, 0.1) is 5.82 Å². The Bertz CT molecular complexity index is 769. The fraction of sp³-hybridized carbons (Fsp3) is 0.222. The summed E-state index contributed by atoms with van der Waals surface area (Å²) < 4.78 is 19.6. The first-order valence-corrected chi connectivity index (χ1v) is 7.25. The van der Waals surface area contributed by atoms with E-state index in [9.17, 15) is 14.3 Å². The molecule has 0 aliphatic heterocycles. The highest BCUT2D eigenvalue weighted by Gasteiger charge is 2.21. The third-order valence-corrected chi connectivity index (χ3v) is 3.56. The van der Waals surface area contributed by atoms with E-state index in [1.165, 1.54) is 19.2 Å². The Hall–Kier alpha value is -2.69. The van der Waals surface area contributed by atoms with Gasteiger partial charge in [0.1, 0.15) is 11.6 Å². The van der Waals surface area contributed by atoms with Gasteiger partial charge in [-0.2, -0.15) is 0 Å². The number of methoxy groups -OCH3 is 1. The van der Waals surface area contributed by atoms with Crippen LogP contribution in [0.15, 0.2) is 35.3 Å². The molecule has 0 atom stereocenters. The zero-order chi connectivity index (χ0) is 17.0. The van der Waals surface area contributed by atoms with Crippen LogP contribution >= 0.6 is 0 Å². The summed E-state index contributed by atoms with van der Waals surface area (Å²) in [4.78, 5) is 15.9. The Morgan fingerprint density at radius 3 is 2.70 bits per heavy atom. The minimum Gasteiger partial charge on any atom is -0.496 e. The first-order chi connectivity index (χ1) is 11.0. The summed E-state index contributed by atoms with van der Waals surface area (Å²) in [5.74, 6) is -1.38. The first-order valence-electron chi connectivity index (χ1n) is 7.25. The molecule has 0 aliphatic carbocycles. The molecule has 120 valence electrons. The van der Waals surface area contributed by atoms with Crippen molar-refractivity contribution in [1.82, 2.24) is 0 Å². The lowest BCUT2D eigenvalue weighted by atomic mass is 9.94. The molecule has 0 amide bonds. The second-order valence-electron chi connectivity index (χ2n) is 4.89. The summed E-state index contributed by atoms with van der Waals surface area (Å²) in [6.07, 6.45) is 2.25. The molecule has 2 rings (SSSR count). The highest BCUT2D eigenvalue weighted by molar-refractivity contribution is 5.98. The lowest BCUT2D eigenvalue weighted by Gasteiger charge is -2.15. The fourth-order valence-corrected chi connectivity index (χ4v) is 2.50. The second-order valence-corrected chi connectivity index (χ2v) is 4.89. The molecular weight excluding hydrogens is 297 g/mol. The molecule has 0 heterocycles. The maximum absolute atomic E-state index is 14.4. The van der Waals surface area contributed by atoms with Gasteiger partial charge in [0.05, 0.1) is 23.9 Å². The smallest absolute Gasteiger partial charge is 0.336 e. The van der Waals surface area contributed by atoms with Gasteiger partial charge in [0.2, 0.25) is 0 Å². The van der Waals surface area contributed by atoms with Crippen molar-refractivity contribution < 1.29 is 19.0 Å². The van der Waals surface area contributed by atoms with Gasteiger partial charge in [-0.3, -0.25) is 4.99 Å². The quantitative estimate of drug-likeness (QED) is 0.827. The van der Waals surface area contributed by atoms with Crippen molar-refractivity contribution in [3.05, 3.63) is 47.3 Å². The average molecular weight is 315 g/mol. The molecule has 23 heavy (non-hydrogen) atoms. The summed E-state index contributed by atoms with van der Waals surface area (Å²) in [5, 5.41) is 9.52. The van der Waals surface area contributed by atoms with Crippen molar-refractivity contribution in [2.75, 3.05) is 7.11 Å². The van der Waals surface area contributed by atoms with E-state index >= 15 is 0 Å². The minimum absolute atomic E-state index is 0.0281. The van der Waals surface area contributed by atoms with Crippen molar-refractivity contribution in [2.24, 2.45) is 4.99 Å². The summed E-state index contributed by atoms with van der Waals surface area (Å²) >= 11 is 0. The monoisotopic (exact) mass is 315 g/mol. The number of halogens is 1. The molecule has 0 spiro atoms. The predicted molar refractivity (Wildman–Crippen MR) is 88.6 cm³/mol. The molecule has 2 aromatic rings. The Kier molecular flexibility index (Phi) is 5.11. The number of nitrogens with zero attached hydrogens (tertiary/aromatic N) is 1. The Balaban J connectivity index is 2.85. The fourth-order valence-electron chi connectivity index (χ4n) is 2.50. The first kappa shape index (κ1) is 16.7. The SMILES string of the molecule is CC=Nc1cc(-c2c(F)cccc2OC)c(C(=O)O)cc1CC. The molecule has 1 N–H and O–H groups in total. The van der Waals surface area contributed by atoms with Gasteiger partial charge in [0.25, 0.3) is 0 Å². The van der Waals surface area contributed by atoms with Gasteiger partial charge in [0, 0.05) is 11.8 Å². The maximum atomic E-state index is 14.4. The number of aromatic carboxylic acids is 1. The molecule has 0 saturated heterocycles. The van der Waals surface area contributed by atoms with Crippen molar-refractivity contribution in [3.8, 4) is 16.9 Å². The van der Waals surface area contributed by atoms with Crippen molar-refractivity contribution in [1.29, 1.82) is 0 Å². The van der Waals surface area contributed by atoms with Crippen LogP contribution in [-0.2, 0) is 6.42 Å². The summed E-state index contributed by atoms with van der Waals surface area (Å²) in [7, 11) is 1.42. The van der Waals surface area contributed by atoms with Crippen LogP contribution in [0.3, 0.4) is 0 Å². The third-order valence-electron chi connectivity index (χ3n) is 3.56. The van der Waals surface area contributed by atoms with Gasteiger partial charge in [-0.1, -0.05) is 13.0 Å². The van der Waals surface area contributed by atoms with Gasteiger partial charge >= 0.3 is 5.97 Å². The lowest BCUT2D eigenvalue weighted by Crippen LogP contribution is -2.03. The number of carboxylic acid groups (broad SMARTS) is 1. The standard InChI is InChI=1S/C18H18FNO3/c1-4-11-9-13(18(21)22)12(10-15(11)20-5-2)17-14(19)7-6-8-16(17)23-3/h5-10H,4H2,1-3H3,(H,21,22). The Labute approximate surface area is 134 Å². The maximum Gasteiger partial charge on any atom is 0.336 e. The highest BCUT2D eigenvalue weighted by Crippen LogP contribution is 2.38. The molecular formula is C18H18FNO3. The van der Waals surface area contributed by atoms with E-state index in [1.54, 1.807) is 31.3 Å². The normalized spacial score (nSPS) is 11.0. The number of aliphatic imine (C=N–C) groups is 1. The van der Waals surface area contributed by atoms with Crippen molar-refractivity contribution in [2.45, 2.75) is 20.3 Å². The molecule has 5 heteroatoms. The van der Waals surface area contributed by atoms with Crippen LogP contribution in [-0.4, -0.2) is 24.4 Å². The van der Waals surface area contributed by atoms with Crippen LogP contribution < -0.4 is 4.74 Å². The van der Waals surface area contributed by atoms with E-state index < -0.39 is 11.8 Å². The molecule has 0 fully saturated rings. The molecule has 2 aromatic carbocycles. The van der Waals surface area contributed by atoms with Crippen LogP contribution in [0.2, 0.25) is 0 Å². The summed E-state index contributed by atoms with van der Waals surface area (Å²) in [6, 6.07) is 7.54. The summed E-state index contributed by atoms with van der Waals surface area (Å²) in [6.45, 7) is 3.69. The number of benzene rings is 2. The average Bonchev–Trinajstić information content (AvgIpc) is 2.54. The zero-order valence-corrected chi connectivity index (χ0v) is 13.3.